The SMILES string of the molecule is COc1ccc(C)cc1NC(=O)c1cc(C)nc(NCc2ccc(C)cc2)n1. The molecule has 2 N–H and O–H groups in total. The van der Waals surface area contributed by atoms with Crippen molar-refractivity contribution in [3.05, 3.63) is 76.6 Å². The van der Waals surface area contributed by atoms with Crippen LogP contribution in [0.1, 0.15) is 32.9 Å². The van der Waals surface area contributed by atoms with E-state index in [-0.39, 0.29) is 5.91 Å². The number of methoxy groups -OCH3 is 1. The number of amides is 1. The average Bonchev–Trinajstić information content (AvgIpc) is 2.67. The first kappa shape index (κ1) is 19.4. The second kappa shape index (κ2) is 8.52. The number of rotatable bonds is 6. The Labute approximate surface area is 165 Å². The zero-order chi connectivity index (χ0) is 20.1. The first-order valence-electron chi connectivity index (χ1n) is 9.05. The topological polar surface area (TPSA) is 76.1 Å². The average molecular weight is 376 g/mol. The molecule has 0 spiro atoms. The van der Waals surface area contributed by atoms with Gasteiger partial charge in [-0.25, -0.2) is 9.97 Å². The molecule has 6 heteroatoms. The summed E-state index contributed by atoms with van der Waals surface area (Å²) in [6.45, 7) is 6.42. The first-order chi connectivity index (χ1) is 13.4. The van der Waals surface area contributed by atoms with Gasteiger partial charge in [0, 0.05) is 12.2 Å². The van der Waals surface area contributed by atoms with Gasteiger partial charge in [-0.15, -0.1) is 0 Å². The molecule has 1 aromatic heterocycles. The number of aromatic nitrogens is 2. The number of ether oxygens (including phenoxy) is 1. The second-order valence-corrected chi connectivity index (χ2v) is 6.72. The number of hydrogen-bond acceptors (Lipinski definition) is 5. The van der Waals surface area contributed by atoms with Crippen LogP contribution < -0.4 is 15.4 Å². The standard InChI is InChI=1S/C22H24N4O2/c1-14-5-8-17(9-6-14)13-23-22-24-16(3)12-19(26-22)21(27)25-18-11-15(2)7-10-20(18)28-4/h5-12H,13H2,1-4H3,(H,25,27)(H,23,24,26). The molecule has 0 radical (unpaired) electrons. The molecule has 0 saturated heterocycles. The van der Waals surface area contributed by atoms with Crippen LogP contribution in [-0.2, 0) is 6.54 Å². The third-order valence-electron chi connectivity index (χ3n) is 4.26. The van der Waals surface area contributed by atoms with Crippen molar-refractivity contribution in [2.45, 2.75) is 27.3 Å². The Morgan fingerprint density at radius 1 is 0.964 bits per heavy atom. The van der Waals surface area contributed by atoms with E-state index in [1.807, 2.05) is 32.0 Å². The van der Waals surface area contributed by atoms with Crippen molar-refractivity contribution in [1.29, 1.82) is 0 Å². The van der Waals surface area contributed by atoms with Crippen molar-refractivity contribution in [2.75, 3.05) is 17.7 Å². The second-order valence-electron chi connectivity index (χ2n) is 6.72. The van der Waals surface area contributed by atoms with Crippen LogP contribution >= 0.6 is 0 Å². The number of hydrogen-bond donors (Lipinski definition) is 2. The van der Waals surface area contributed by atoms with E-state index in [0.717, 1.165) is 11.1 Å². The molecule has 28 heavy (non-hydrogen) atoms. The van der Waals surface area contributed by atoms with Crippen LogP contribution in [0.3, 0.4) is 0 Å². The van der Waals surface area contributed by atoms with Crippen LogP contribution in [0.5, 0.6) is 5.75 Å². The van der Waals surface area contributed by atoms with Gasteiger partial charge in [0.25, 0.3) is 5.91 Å². The van der Waals surface area contributed by atoms with Crippen LogP contribution in [0, 0.1) is 20.8 Å². The fraction of sp³-hybridized carbons (Fsp3) is 0.227. The maximum absolute atomic E-state index is 12.7. The van der Waals surface area contributed by atoms with Gasteiger partial charge in [-0.2, -0.15) is 0 Å². The fourth-order valence-corrected chi connectivity index (χ4v) is 2.76. The Hall–Kier alpha value is -3.41. The number of carbonyl (C=O) groups excluding carboxylic acids is 1. The van der Waals surface area contributed by atoms with Crippen LogP contribution in [0.2, 0.25) is 0 Å². The molecule has 2 aromatic carbocycles. The lowest BCUT2D eigenvalue weighted by Gasteiger charge is -2.12. The summed E-state index contributed by atoms with van der Waals surface area (Å²) in [7, 11) is 1.57. The highest BCUT2D eigenvalue weighted by Gasteiger charge is 2.13. The van der Waals surface area contributed by atoms with Crippen LogP contribution in [-0.4, -0.2) is 23.0 Å². The highest BCUT2D eigenvalue weighted by molar-refractivity contribution is 6.04. The van der Waals surface area contributed by atoms with E-state index in [1.54, 1.807) is 13.2 Å². The van der Waals surface area contributed by atoms with Gasteiger partial charge in [0.1, 0.15) is 11.4 Å². The van der Waals surface area contributed by atoms with Crippen molar-refractivity contribution in [3.63, 3.8) is 0 Å². The molecule has 144 valence electrons. The Bertz CT molecular complexity index is 984. The van der Waals surface area contributed by atoms with Gasteiger partial charge in [-0.3, -0.25) is 4.79 Å². The molecule has 0 aliphatic rings. The largest absolute Gasteiger partial charge is 0.495 e. The Morgan fingerprint density at radius 3 is 2.39 bits per heavy atom. The molecule has 0 aliphatic heterocycles. The van der Waals surface area contributed by atoms with Gasteiger partial charge in [0.05, 0.1) is 12.8 Å². The third-order valence-corrected chi connectivity index (χ3v) is 4.26. The maximum Gasteiger partial charge on any atom is 0.274 e. The molecule has 0 fully saturated rings. The monoisotopic (exact) mass is 376 g/mol. The van der Waals surface area contributed by atoms with Crippen LogP contribution in [0.4, 0.5) is 11.6 Å². The first-order valence-corrected chi connectivity index (χ1v) is 9.05. The van der Waals surface area contributed by atoms with Gasteiger partial charge < -0.3 is 15.4 Å². The number of anilines is 2. The van der Waals surface area contributed by atoms with E-state index in [2.05, 4.69) is 51.8 Å². The zero-order valence-electron chi connectivity index (χ0n) is 16.5. The van der Waals surface area contributed by atoms with E-state index in [1.165, 1.54) is 5.56 Å². The summed E-state index contributed by atoms with van der Waals surface area (Å²) >= 11 is 0. The summed E-state index contributed by atoms with van der Waals surface area (Å²) < 4.78 is 5.32. The van der Waals surface area contributed by atoms with E-state index in [4.69, 9.17) is 4.74 Å². The lowest BCUT2D eigenvalue weighted by Crippen LogP contribution is -2.16. The lowest BCUT2D eigenvalue weighted by atomic mass is 10.1. The molecule has 0 unspecified atom stereocenters. The van der Waals surface area contributed by atoms with Crippen molar-refractivity contribution in [2.24, 2.45) is 0 Å². The molecule has 3 aromatic rings. The van der Waals surface area contributed by atoms with Crippen LogP contribution in [0.15, 0.2) is 48.5 Å². The number of aryl methyl sites for hydroxylation is 3. The predicted octanol–water partition coefficient (Wildman–Crippen LogP) is 4.27. The van der Waals surface area contributed by atoms with Crippen molar-refractivity contribution >= 4 is 17.5 Å². The minimum Gasteiger partial charge on any atom is -0.495 e. The van der Waals surface area contributed by atoms with E-state index < -0.39 is 0 Å². The van der Waals surface area contributed by atoms with E-state index >= 15 is 0 Å². The lowest BCUT2D eigenvalue weighted by molar-refractivity contribution is 0.102. The smallest absolute Gasteiger partial charge is 0.274 e. The molecule has 3 rings (SSSR count). The Balaban J connectivity index is 1.76. The van der Waals surface area contributed by atoms with E-state index in [0.29, 0.717) is 35.3 Å². The Kier molecular flexibility index (Phi) is 5.89. The summed E-state index contributed by atoms with van der Waals surface area (Å²) in [5, 5.41) is 6.06. The van der Waals surface area contributed by atoms with Gasteiger partial charge in [-0.05, 0) is 50.1 Å². The van der Waals surface area contributed by atoms with Crippen molar-refractivity contribution in [3.8, 4) is 5.75 Å². The van der Waals surface area contributed by atoms with Gasteiger partial charge in [-0.1, -0.05) is 35.9 Å². The number of benzene rings is 2. The summed E-state index contributed by atoms with van der Waals surface area (Å²) in [4.78, 5) is 21.5. The molecular formula is C22H24N4O2. The number of nitrogens with one attached hydrogen (secondary N) is 2. The van der Waals surface area contributed by atoms with Crippen LogP contribution in [0.25, 0.3) is 0 Å². The van der Waals surface area contributed by atoms with Gasteiger partial charge >= 0.3 is 0 Å². The normalized spacial score (nSPS) is 10.4. The van der Waals surface area contributed by atoms with Crippen molar-refractivity contribution < 1.29 is 9.53 Å². The quantitative estimate of drug-likeness (QED) is 0.672. The number of carbonyl (C=O) groups is 1. The maximum atomic E-state index is 12.7. The Morgan fingerprint density at radius 2 is 1.68 bits per heavy atom. The third kappa shape index (κ3) is 4.85. The van der Waals surface area contributed by atoms with Gasteiger partial charge in [0.2, 0.25) is 5.95 Å². The molecule has 1 amide bonds. The summed E-state index contributed by atoms with van der Waals surface area (Å²) in [6, 6.07) is 15.5. The summed E-state index contributed by atoms with van der Waals surface area (Å²) in [5.41, 5.74) is 4.96. The highest BCUT2D eigenvalue weighted by Crippen LogP contribution is 2.25. The summed E-state index contributed by atoms with van der Waals surface area (Å²) in [5.74, 6) is 0.706. The molecule has 0 saturated carbocycles. The predicted molar refractivity (Wildman–Crippen MR) is 111 cm³/mol. The highest BCUT2D eigenvalue weighted by atomic mass is 16.5. The number of nitrogens with zero attached hydrogens (tertiary/aromatic N) is 2. The van der Waals surface area contributed by atoms with Crippen molar-refractivity contribution in [1.82, 2.24) is 9.97 Å². The summed E-state index contributed by atoms with van der Waals surface area (Å²) in [6.07, 6.45) is 0. The molecule has 0 bridgehead atoms. The molecular weight excluding hydrogens is 352 g/mol. The van der Waals surface area contributed by atoms with Gasteiger partial charge in [0.15, 0.2) is 0 Å². The minimum absolute atomic E-state index is 0.294. The molecule has 1 heterocycles. The molecule has 0 aliphatic carbocycles. The molecule has 0 atom stereocenters. The molecule has 6 nitrogen and oxygen atoms in total. The zero-order valence-corrected chi connectivity index (χ0v) is 16.5. The minimum atomic E-state index is -0.312. The van der Waals surface area contributed by atoms with E-state index in [9.17, 15) is 4.79 Å². The fourth-order valence-electron chi connectivity index (χ4n) is 2.76.